The molecule has 5 rings (SSSR count). The Kier molecular flexibility index (Phi) is 5.97. The molecule has 0 radical (unpaired) electrons. The molecule has 2 heterocycles. The van der Waals surface area contributed by atoms with Crippen molar-refractivity contribution < 1.29 is 19.0 Å². The summed E-state index contributed by atoms with van der Waals surface area (Å²) in [7, 11) is 4.93. The number of aromatic hydroxyl groups is 1. The van der Waals surface area contributed by atoms with E-state index in [0.29, 0.717) is 28.8 Å². The highest BCUT2D eigenvalue weighted by Crippen LogP contribution is 2.59. The van der Waals surface area contributed by atoms with Crippen molar-refractivity contribution in [1.29, 1.82) is 0 Å². The van der Waals surface area contributed by atoms with Crippen LogP contribution in [-0.2, 0) is 0 Å². The first-order valence-corrected chi connectivity index (χ1v) is 12.1. The molecule has 0 amide bonds. The summed E-state index contributed by atoms with van der Waals surface area (Å²) in [6.45, 7) is 4.34. The van der Waals surface area contributed by atoms with E-state index in [-0.39, 0.29) is 22.6 Å². The molecule has 2 saturated carbocycles. The molecule has 8 nitrogen and oxygen atoms in total. The standard InChI is InChI=1S/C27H32FN5O3/c1-26-8-9-27(2,15-26)23(28)19(12-26)33(3)22-14-29-24(32-31-22)18-7-6-16(10-20(18)34)17-11-21(35-4)25(36-5)30-13-17/h6-7,10-11,13-14,19,23,34H,8-9,12,15H2,1-5H3/t19-,23-,26-,27-/m0/s1. The number of alkyl halides is 1. The highest BCUT2D eigenvalue weighted by molar-refractivity contribution is 5.73. The van der Waals surface area contributed by atoms with Crippen molar-refractivity contribution in [2.45, 2.75) is 51.7 Å². The molecule has 9 heteroatoms. The number of hydrogen-bond acceptors (Lipinski definition) is 8. The molecular weight excluding hydrogens is 461 g/mol. The number of halogens is 1. The zero-order valence-electron chi connectivity index (χ0n) is 21.3. The number of methoxy groups -OCH3 is 2. The Bertz CT molecular complexity index is 1270. The number of fused-ring (bicyclic) bond motifs is 2. The van der Waals surface area contributed by atoms with Crippen molar-refractivity contribution in [1.82, 2.24) is 20.2 Å². The number of aromatic nitrogens is 4. The van der Waals surface area contributed by atoms with Gasteiger partial charge in [-0.3, -0.25) is 0 Å². The molecule has 190 valence electrons. The van der Waals surface area contributed by atoms with Crippen molar-refractivity contribution in [2.75, 3.05) is 26.2 Å². The van der Waals surface area contributed by atoms with Crippen LogP contribution in [-0.4, -0.2) is 58.8 Å². The minimum Gasteiger partial charge on any atom is -0.507 e. The Hall–Kier alpha value is -3.49. The van der Waals surface area contributed by atoms with E-state index in [9.17, 15) is 5.11 Å². The van der Waals surface area contributed by atoms with E-state index < -0.39 is 6.17 Å². The molecule has 2 bridgehead atoms. The van der Waals surface area contributed by atoms with Crippen LogP contribution in [0.5, 0.6) is 17.4 Å². The van der Waals surface area contributed by atoms with Gasteiger partial charge in [-0.1, -0.05) is 19.9 Å². The Morgan fingerprint density at radius 3 is 2.50 bits per heavy atom. The number of anilines is 1. The van der Waals surface area contributed by atoms with Crippen molar-refractivity contribution in [3.63, 3.8) is 0 Å². The molecular formula is C27H32FN5O3. The molecule has 2 aliphatic rings. The normalized spacial score (nSPS) is 27.1. The second-order valence-electron chi connectivity index (χ2n) is 10.7. The number of ether oxygens (including phenoxy) is 2. The lowest BCUT2D eigenvalue weighted by molar-refractivity contribution is 0.0380. The summed E-state index contributed by atoms with van der Waals surface area (Å²) < 4.78 is 26.0. The van der Waals surface area contributed by atoms with Crippen molar-refractivity contribution in [3.05, 3.63) is 36.7 Å². The molecule has 1 N–H and O–H groups in total. The van der Waals surface area contributed by atoms with Gasteiger partial charge in [-0.15, -0.1) is 10.2 Å². The second kappa shape index (κ2) is 8.87. The fourth-order valence-electron chi connectivity index (χ4n) is 6.07. The van der Waals surface area contributed by atoms with Gasteiger partial charge in [0.25, 0.3) is 5.88 Å². The number of phenols is 1. The lowest BCUT2D eigenvalue weighted by atomic mass is 9.67. The zero-order valence-corrected chi connectivity index (χ0v) is 21.3. The van der Waals surface area contributed by atoms with Gasteiger partial charge in [0.05, 0.1) is 32.0 Å². The van der Waals surface area contributed by atoms with E-state index in [2.05, 4.69) is 34.0 Å². The first kappa shape index (κ1) is 24.2. The molecule has 0 aliphatic heterocycles. The molecule has 0 saturated heterocycles. The molecule has 3 aromatic rings. The predicted octanol–water partition coefficient (Wildman–Crippen LogP) is 5.07. The van der Waals surface area contributed by atoms with Crippen LogP contribution in [0.2, 0.25) is 0 Å². The maximum atomic E-state index is 15.5. The first-order valence-electron chi connectivity index (χ1n) is 12.1. The van der Waals surface area contributed by atoms with Gasteiger partial charge >= 0.3 is 0 Å². The van der Waals surface area contributed by atoms with E-state index in [0.717, 1.165) is 36.8 Å². The van der Waals surface area contributed by atoms with Gasteiger partial charge in [-0.25, -0.2) is 14.4 Å². The minimum atomic E-state index is -0.929. The topological polar surface area (TPSA) is 93.5 Å². The molecule has 2 aromatic heterocycles. The predicted molar refractivity (Wildman–Crippen MR) is 135 cm³/mol. The molecule has 4 atom stereocenters. The van der Waals surface area contributed by atoms with Crippen LogP contribution in [0, 0.1) is 10.8 Å². The number of rotatable bonds is 6. The Balaban J connectivity index is 1.37. The van der Waals surface area contributed by atoms with E-state index in [4.69, 9.17) is 9.47 Å². The zero-order chi connectivity index (χ0) is 25.7. The van der Waals surface area contributed by atoms with Crippen LogP contribution in [0.3, 0.4) is 0 Å². The van der Waals surface area contributed by atoms with Crippen LogP contribution in [0.15, 0.2) is 36.7 Å². The Labute approximate surface area is 210 Å². The average molecular weight is 494 g/mol. The highest BCUT2D eigenvalue weighted by atomic mass is 19.1. The quantitative estimate of drug-likeness (QED) is 0.509. The van der Waals surface area contributed by atoms with Gasteiger partial charge in [-0.05, 0) is 54.9 Å². The number of benzene rings is 1. The molecule has 0 unspecified atom stereocenters. The summed E-state index contributed by atoms with van der Waals surface area (Å²) in [6, 6.07) is 6.73. The second-order valence-corrected chi connectivity index (χ2v) is 10.7. The van der Waals surface area contributed by atoms with E-state index >= 15 is 4.39 Å². The van der Waals surface area contributed by atoms with Crippen LogP contribution < -0.4 is 14.4 Å². The smallest absolute Gasteiger partial charge is 0.256 e. The third kappa shape index (κ3) is 4.10. The lowest BCUT2D eigenvalue weighted by Crippen LogP contribution is -2.52. The van der Waals surface area contributed by atoms with E-state index in [1.165, 1.54) is 7.11 Å². The fourth-order valence-corrected chi connectivity index (χ4v) is 6.07. The van der Waals surface area contributed by atoms with Gasteiger partial charge < -0.3 is 19.5 Å². The van der Waals surface area contributed by atoms with Crippen LogP contribution in [0.25, 0.3) is 22.5 Å². The van der Waals surface area contributed by atoms with Gasteiger partial charge in [-0.2, -0.15) is 0 Å². The van der Waals surface area contributed by atoms with Crippen LogP contribution in [0.4, 0.5) is 10.2 Å². The number of phenolic OH excluding ortho intramolecular Hbond substituents is 1. The fraction of sp³-hybridized carbons (Fsp3) is 0.481. The van der Waals surface area contributed by atoms with Crippen molar-refractivity contribution >= 4 is 5.82 Å². The summed E-state index contributed by atoms with van der Waals surface area (Å²) in [5.74, 6) is 1.71. The van der Waals surface area contributed by atoms with Crippen molar-refractivity contribution in [2.24, 2.45) is 10.8 Å². The SMILES string of the molecule is COc1cc(-c2ccc(-c3ncc(N(C)[C@H]4C[C@]5(C)CC[C@@](C)(C5)[C@H]4F)nn3)c(O)c2)cnc1OC. The van der Waals surface area contributed by atoms with Gasteiger partial charge in [0.15, 0.2) is 17.4 Å². The average Bonchev–Trinajstić information content (AvgIpc) is 3.17. The maximum Gasteiger partial charge on any atom is 0.256 e. The maximum absolute atomic E-state index is 15.5. The summed E-state index contributed by atoms with van der Waals surface area (Å²) in [4.78, 5) is 10.6. The summed E-state index contributed by atoms with van der Waals surface area (Å²) in [6.07, 6.45) is 6.02. The largest absolute Gasteiger partial charge is 0.507 e. The Morgan fingerprint density at radius 2 is 1.83 bits per heavy atom. The third-order valence-corrected chi connectivity index (χ3v) is 8.05. The minimum absolute atomic E-state index is 0.0127. The highest BCUT2D eigenvalue weighted by Gasteiger charge is 2.56. The summed E-state index contributed by atoms with van der Waals surface area (Å²) in [5, 5.41) is 19.3. The van der Waals surface area contributed by atoms with Crippen LogP contribution in [0.1, 0.15) is 39.5 Å². The van der Waals surface area contributed by atoms with E-state index in [1.54, 1.807) is 37.7 Å². The molecule has 2 fully saturated rings. The molecule has 2 aliphatic carbocycles. The molecule has 0 spiro atoms. The van der Waals surface area contributed by atoms with Gasteiger partial charge in [0.1, 0.15) is 11.9 Å². The number of hydrogen-bond donors (Lipinski definition) is 1. The van der Waals surface area contributed by atoms with E-state index in [1.807, 2.05) is 18.0 Å². The lowest BCUT2D eigenvalue weighted by Gasteiger charge is -2.46. The summed E-state index contributed by atoms with van der Waals surface area (Å²) >= 11 is 0. The van der Waals surface area contributed by atoms with Crippen molar-refractivity contribution in [3.8, 4) is 39.9 Å². The monoisotopic (exact) mass is 493 g/mol. The summed E-state index contributed by atoms with van der Waals surface area (Å²) in [5.41, 5.74) is 1.83. The number of pyridine rings is 1. The first-order chi connectivity index (χ1) is 17.2. The van der Waals surface area contributed by atoms with Gasteiger partial charge in [0.2, 0.25) is 0 Å². The molecule has 1 aromatic carbocycles. The molecule has 36 heavy (non-hydrogen) atoms. The van der Waals surface area contributed by atoms with Gasteiger partial charge in [0, 0.05) is 24.2 Å². The third-order valence-electron chi connectivity index (χ3n) is 8.05. The number of nitrogens with zero attached hydrogens (tertiary/aromatic N) is 5. The Morgan fingerprint density at radius 1 is 1.03 bits per heavy atom. The van der Waals surface area contributed by atoms with Crippen LogP contribution >= 0.6 is 0 Å².